The molecule has 1 aliphatic rings. The zero-order valence-corrected chi connectivity index (χ0v) is 11.3. The van der Waals surface area contributed by atoms with Gasteiger partial charge in [-0.2, -0.15) is 0 Å². The lowest BCUT2D eigenvalue weighted by molar-refractivity contribution is -0.112. The van der Waals surface area contributed by atoms with Crippen LogP contribution in [0.1, 0.15) is 47.5 Å². The number of allylic oxidation sites excluding steroid dienone is 1. The van der Waals surface area contributed by atoms with Crippen LogP contribution in [0.2, 0.25) is 0 Å². The molecule has 1 saturated heterocycles. The Morgan fingerprint density at radius 3 is 2.06 bits per heavy atom. The fourth-order valence-electron chi connectivity index (χ4n) is 3.28. The number of hydrogen-bond donors (Lipinski definition) is 1. The molecule has 0 amide bonds. The van der Waals surface area contributed by atoms with Crippen LogP contribution in [0.5, 0.6) is 0 Å². The minimum Gasteiger partial charge on any atom is -0.307 e. The minimum absolute atomic E-state index is 0.0145. The first-order valence-corrected chi connectivity index (χ1v) is 6.07. The SMILES string of the molecule is C=C(C)C(C=O)C1CC(C)(C)NC(C)(C)C1. The molecule has 0 aliphatic carbocycles. The number of rotatable bonds is 3. The summed E-state index contributed by atoms with van der Waals surface area (Å²) in [4.78, 5) is 11.2. The van der Waals surface area contributed by atoms with Gasteiger partial charge in [-0.3, -0.25) is 0 Å². The molecule has 0 aromatic heterocycles. The van der Waals surface area contributed by atoms with E-state index in [0.29, 0.717) is 5.92 Å². The highest BCUT2D eigenvalue weighted by atomic mass is 16.1. The molecule has 1 atom stereocenters. The van der Waals surface area contributed by atoms with Crippen molar-refractivity contribution in [2.24, 2.45) is 11.8 Å². The second kappa shape index (κ2) is 4.33. The van der Waals surface area contributed by atoms with Gasteiger partial charge in [0.15, 0.2) is 0 Å². The first kappa shape index (κ1) is 13.4. The highest BCUT2D eigenvalue weighted by Crippen LogP contribution is 2.38. The Labute approximate surface area is 99.5 Å². The highest BCUT2D eigenvalue weighted by molar-refractivity contribution is 5.59. The number of carbonyl (C=O) groups excluding carboxylic acids is 1. The lowest BCUT2D eigenvalue weighted by Crippen LogP contribution is -2.58. The number of aldehydes is 1. The monoisotopic (exact) mass is 223 g/mol. The third kappa shape index (κ3) is 3.18. The van der Waals surface area contributed by atoms with Crippen molar-refractivity contribution in [3.63, 3.8) is 0 Å². The molecular formula is C14H25NO. The smallest absolute Gasteiger partial charge is 0.127 e. The normalized spacial score (nSPS) is 26.1. The van der Waals surface area contributed by atoms with Crippen LogP contribution in [0.25, 0.3) is 0 Å². The lowest BCUT2D eigenvalue weighted by Gasteiger charge is -2.48. The van der Waals surface area contributed by atoms with Gasteiger partial charge in [0.1, 0.15) is 6.29 Å². The molecule has 1 heterocycles. The van der Waals surface area contributed by atoms with E-state index in [9.17, 15) is 4.79 Å². The summed E-state index contributed by atoms with van der Waals surface area (Å²) in [7, 11) is 0. The molecule has 1 N–H and O–H groups in total. The van der Waals surface area contributed by atoms with Gasteiger partial charge in [0.05, 0.1) is 0 Å². The van der Waals surface area contributed by atoms with E-state index in [0.717, 1.165) is 24.7 Å². The maximum absolute atomic E-state index is 11.2. The van der Waals surface area contributed by atoms with Crippen molar-refractivity contribution in [3.8, 4) is 0 Å². The molecule has 1 unspecified atom stereocenters. The summed E-state index contributed by atoms with van der Waals surface area (Å²) >= 11 is 0. The van der Waals surface area contributed by atoms with Crippen LogP contribution in [-0.4, -0.2) is 17.4 Å². The first-order chi connectivity index (χ1) is 7.17. The molecule has 0 saturated carbocycles. The fraction of sp³-hybridized carbons (Fsp3) is 0.786. The van der Waals surface area contributed by atoms with Gasteiger partial charge >= 0.3 is 0 Å². The highest BCUT2D eigenvalue weighted by Gasteiger charge is 2.40. The van der Waals surface area contributed by atoms with Gasteiger partial charge in [-0.15, -0.1) is 0 Å². The van der Waals surface area contributed by atoms with Gasteiger partial charge in [0.2, 0.25) is 0 Å². The van der Waals surface area contributed by atoms with Gasteiger partial charge in [-0.25, -0.2) is 0 Å². The summed E-state index contributed by atoms with van der Waals surface area (Å²) in [5.74, 6) is 0.432. The fourth-order valence-corrected chi connectivity index (χ4v) is 3.28. The topological polar surface area (TPSA) is 29.1 Å². The van der Waals surface area contributed by atoms with E-state index in [1.54, 1.807) is 0 Å². The third-order valence-corrected chi connectivity index (χ3v) is 3.45. The van der Waals surface area contributed by atoms with Crippen LogP contribution in [0.4, 0.5) is 0 Å². The molecule has 2 nitrogen and oxygen atoms in total. The van der Waals surface area contributed by atoms with E-state index in [1.165, 1.54) is 0 Å². The molecule has 0 radical (unpaired) electrons. The van der Waals surface area contributed by atoms with Gasteiger partial charge in [-0.05, 0) is 53.4 Å². The molecular weight excluding hydrogens is 198 g/mol. The molecule has 0 bridgehead atoms. The van der Waals surface area contributed by atoms with E-state index in [4.69, 9.17) is 0 Å². The summed E-state index contributed by atoms with van der Waals surface area (Å²) in [6, 6.07) is 0. The Balaban J connectivity index is 2.89. The van der Waals surface area contributed by atoms with Crippen LogP contribution in [-0.2, 0) is 4.79 Å². The van der Waals surface area contributed by atoms with Gasteiger partial charge in [-0.1, -0.05) is 12.2 Å². The van der Waals surface area contributed by atoms with E-state index in [-0.39, 0.29) is 17.0 Å². The van der Waals surface area contributed by atoms with Crippen molar-refractivity contribution in [1.82, 2.24) is 5.32 Å². The Morgan fingerprint density at radius 2 is 1.75 bits per heavy atom. The number of nitrogens with one attached hydrogen (secondary N) is 1. The van der Waals surface area contributed by atoms with Crippen LogP contribution < -0.4 is 5.32 Å². The zero-order valence-electron chi connectivity index (χ0n) is 11.3. The van der Waals surface area contributed by atoms with Gasteiger partial charge in [0.25, 0.3) is 0 Å². The van der Waals surface area contributed by atoms with Crippen molar-refractivity contribution >= 4 is 6.29 Å². The maximum Gasteiger partial charge on any atom is 0.127 e. The second-order valence-electron chi connectivity index (χ2n) is 6.57. The van der Waals surface area contributed by atoms with Crippen LogP contribution >= 0.6 is 0 Å². The molecule has 1 fully saturated rings. The summed E-state index contributed by atoms with van der Waals surface area (Å²) in [6.07, 6.45) is 3.14. The Bertz CT molecular complexity index is 275. The number of hydrogen-bond acceptors (Lipinski definition) is 2. The van der Waals surface area contributed by atoms with Crippen molar-refractivity contribution in [2.45, 2.75) is 58.5 Å². The quantitative estimate of drug-likeness (QED) is 0.589. The Hall–Kier alpha value is -0.630. The lowest BCUT2D eigenvalue weighted by atomic mass is 9.70. The summed E-state index contributed by atoms with van der Waals surface area (Å²) in [5, 5.41) is 3.63. The molecule has 0 spiro atoms. The van der Waals surface area contributed by atoms with Gasteiger partial charge < -0.3 is 10.1 Å². The van der Waals surface area contributed by atoms with Crippen molar-refractivity contribution < 1.29 is 4.79 Å². The summed E-state index contributed by atoms with van der Waals surface area (Å²) in [5.41, 5.74) is 1.19. The third-order valence-electron chi connectivity index (χ3n) is 3.45. The largest absolute Gasteiger partial charge is 0.307 e. The molecule has 0 aromatic rings. The predicted octanol–water partition coefficient (Wildman–Crippen LogP) is 2.93. The molecule has 16 heavy (non-hydrogen) atoms. The van der Waals surface area contributed by atoms with E-state index in [1.807, 2.05) is 6.92 Å². The maximum atomic E-state index is 11.2. The number of carbonyl (C=O) groups is 1. The molecule has 92 valence electrons. The van der Waals surface area contributed by atoms with E-state index >= 15 is 0 Å². The average molecular weight is 223 g/mol. The van der Waals surface area contributed by atoms with E-state index < -0.39 is 0 Å². The Kier molecular flexibility index (Phi) is 3.63. The van der Waals surface area contributed by atoms with Gasteiger partial charge in [0, 0.05) is 17.0 Å². The molecule has 1 aliphatic heterocycles. The average Bonchev–Trinajstić information content (AvgIpc) is 1.97. The van der Waals surface area contributed by atoms with Crippen LogP contribution in [0.3, 0.4) is 0 Å². The predicted molar refractivity (Wildman–Crippen MR) is 68.4 cm³/mol. The van der Waals surface area contributed by atoms with Crippen molar-refractivity contribution in [3.05, 3.63) is 12.2 Å². The minimum atomic E-state index is 0.0145. The summed E-state index contributed by atoms with van der Waals surface area (Å²) < 4.78 is 0. The number of piperidine rings is 1. The van der Waals surface area contributed by atoms with Crippen molar-refractivity contribution in [2.75, 3.05) is 0 Å². The zero-order chi connectivity index (χ0) is 12.6. The Morgan fingerprint density at radius 1 is 1.31 bits per heavy atom. The van der Waals surface area contributed by atoms with Crippen LogP contribution in [0, 0.1) is 11.8 Å². The second-order valence-corrected chi connectivity index (χ2v) is 6.57. The summed E-state index contributed by atoms with van der Waals surface area (Å²) in [6.45, 7) is 14.7. The van der Waals surface area contributed by atoms with Crippen molar-refractivity contribution in [1.29, 1.82) is 0 Å². The molecule has 2 heteroatoms. The van der Waals surface area contributed by atoms with Crippen LogP contribution in [0.15, 0.2) is 12.2 Å². The molecule has 1 rings (SSSR count). The molecule has 0 aromatic carbocycles. The first-order valence-electron chi connectivity index (χ1n) is 6.07. The standard InChI is InChI=1S/C14H25NO/c1-10(2)12(9-16)11-7-13(3,4)15-14(5,6)8-11/h9,11-12,15H,1,7-8H2,2-6H3. The van der Waals surface area contributed by atoms with E-state index in [2.05, 4.69) is 39.6 Å².